The molecular weight excluding hydrogens is 257 g/mol. The maximum absolute atomic E-state index is 13.3. The van der Waals surface area contributed by atoms with E-state index in [1.807, 2.05) is 19.1 Å². The Morgan fingerprint density at radius 3 is 2.44 bits per heavy atom. The summed E-state index contributed by atoms with van der Waals surface area (Å²) in [4.78, 5) is 0.620. The normalized spacial score (nSPS) is 18.1. The Hall–Kier alpha value is -1.03. The molecule has 1 heterocycles. The lowest BCUT2D eigenvalue weighted by Gasteiger charge is -2.21. The van der Waals surface area contributed by atoms with Crippen LogP contribution in [0, 0.1) is 6.92 Å². The highest BCUT2D eigenvalue weighted by molar-refractivity contribution is 7.38. The van der Waals surface area contributed by atoms with Crippen LogP contribution in [0.15, 0.2) is 24.3 Å². The number of thiophene rings is 1. The molecule has 1 aliphatic rings. The van der Waals surface area contributed by atoms with Crippen LogP contribution in [-0.2, 0) is 5.51 Å². The van der Waals surface area contributed by atoms with Gasteiger partial charge in [-0.2, -0.15) is 0 Å². The molecule has 1 saturated carbocycles. The quantitative estimate of drug-likeness (QED) is 0.589. The number of halogens is 3. The van der Waals surface area contributed by atoms with Gasteiger partial charge < -0.3 is 0 Å². The topological polar surface area (TPSA) is 0 Å². The van der Waals surface area contributed by atoms with Gasteiger partial charge in [-0.3, -0.25) is 0 Å². The molecule has 1 aromatic carbocycles. The number of hydrogen-bond donors (Lipinski definition) is 0. The molecule has 1 aliphatic carbocycles. The number of rotatable bonds is 1. The fraction of sp³-hybridized carbons (Fsp3) is 0.429. The minimum Gasteiger partial charge on any atom is -0.118 e. The van der Waals surface area contributed by atoms with Crippen molar-refractivity contribution in [3.63, 3.8) is 0 Å². The molecule has 0 saturated heterocycles. The Balaban J connectivity index is 2.27. The Morgan fingerprint density at radius 2 is 1.89 bits per heavy atom. The molecule has 1 unspecified atom stereocenters. The summed E-state index contributed by atoms with van der Waals surface area (Å²) in [6, 6.07) is 7.20. The van der Waals surface area contributed by atoms with Crippen molar-refractivity contribution in [1.29, 1.82) is 0 Å². The van der Waals surface area contributed by atoms with Crippen molar-refractivity contribution in [3.8, 4) is 0 Å². The van der Waals surface area contributed by atoms with Crippen molar-refractivity contribution in [1.82, 2.24) is 0 Å². The van der Waals surface area contributed by atoms with Gasteiger partial charge in [0.15, 0.2) is 9.58 Å². The molecule has 0 radical (unpaired) electrons. The SMILES string of the molecule is Cc1ccc2cc(C3CCC3)[s+](C(F)(F)F)c2c1. The molecule has 1 aromatic heterocycles. The molecule has 96 valence electrons. The predicted molar refractivity (Wildman–Crippen MR) is 69.1 cm³/mol. The van der Waals surface area contributed by atoms with Crippen molar-refractivity contribution < 1.29 is 13.2 Å². The molecule has 0 nitrogen and oxygen atoms in total. The molecule has 2 aromatic rings. The smallest absolute Gasteiger partial charge is 0.118 e. The molecule has 0 spiro atoms. The minimum atomic E-state index is -4.14. The molecule has 1 atom stereocenters. The third kappa shape index (κ3) is 1.83. The lowest BCUT2D eigenvalue weighted by Crippen LogP contribution is -2.10. The van der Waals surface area contributed by atoms with E-state index < -0.39 is 16.0 Å². The fourth-order valence-electron chi connectivity index (χ4n) is 2.51. The highest BCUT2D eigenvalue weighted by Crippen LogP contribution is 2.56. The van der Waals surface area contributed by atoms with E-state index in [0.29, 0.717) is 9.58 Å². The first kappa shape index (κ1) is 12.0. The number of alkyl halides is 3. The van der Waals surface area contributed by atoms with Crippen LogP contribution in [0.1, 0.15) is 35.6 Å². The maximum atomic E-state index is 13.3. The van der Waals surface area contributed by atoms with Gasteiger partial charge in [-0.05, 0) is 31.4 Å². The van der Waals surface area contributed by atoms with E-state index in [2.05, 4.69) is 0 Å². The highest BCUT2D eigenvalue weighted by Gasteiger charge is 2.50. The van der Waals surface area contributed by atoms with Gasteiger partial charge in [0.1, 0.15) is 0 Å². The van der Waals surface area contributed by atoms with Crippen molar-refractivity contribution >= 4 is 20.6 Å². The van der Waals surface area contributed by atoms with Gasteiger partial charge in [0, 0.05) is 23.4 Å². The van der Waals surface area contributed by atoms with E-state index in [9.17, 15) is 13.2 Å². The van der Waals surface area contributed by atoms with Crippen LogP contribution in [0.25, 0.3) is 10.1 Å². The number of benzene rings is 1. The Labute approximate surface area is 106 Å². The summed E-state index contributed by atoms with van der Waals surface area (Å²) in [5.74, 6) is 0.155. The predicted octanol–water partition coefficient (Wildman–Crippen LogP) is 5.64. The van der Waals surface area contributed by atoms with Crippen molar-refractivity contribution in [2.75, 3.05) is 0 Å². The summed E-state index contributed by atoms with van der Waals surface area (Å²) in [6.45, 7) is 1.85. The average molecular weight is 271 g/mol. The van der Waals surface area contributed by atoms with Gasteiger partial charge >= 0.3 is 5.51 Å². The summed E-state index contributed by atoms with van der Waals surface area (Å²) in [5, 5.41) is 0.767. The van der Waals surface area contributed by atoms with Gasteiger partial charge in [-0.1, -0.05) is 12.5 Å². The molecule has 3 rings (SSSR count). The lowest BCUT2D eigenvalue weighted by molar-refractivity contribution is -0.0868. The van der Waals surface area contributed by atoms with Crippen LogP contribution < -0.4 is 0 Å². The summed E-state index contributed by atoms with van der Waals surface area (Å²) in [7, 11) is -1.69. The van der Waals surface area contributed by atoms with E-state index in [1.165, 1.54) is 0 Å². The van der Waals surface area contributed by atoms with Crippen molar-refractivity contribution in [2.24, 2.45) is 0 Å². The first-order valence-corrected chi connectivity index (χ1v) is 7.32. The highest BCUT2D eigenvalue weighted by atomic mass is 32.2. The molecule has 0 N–H and O–H groups in total. The summed E-state index contributed by atoms with van der Waals surface area (Å²) >= 11 is 0. The zero-order chi connectivity index (χ0) is 12.9. The zero-order valence-electron chi connectivity index (χ0n) is 10.1. The molecule has 0 aliphatic heterocycles. The lowest BCUT2D eigenvalue weighted by atomic mass is 9.84. The number of hydrogen-bond acceptors (Lipinski definition) is 0. The Kier molecular flexibility index (Phi) is 2.66. The monoisotopic (exact) mass is 271 g/mol. The second-order valence-corrected chi connectivity index (χ2v) is 6.95. The standard InChI is InChI=1S/C14H14F3S/c1-9-5-6-11-8-13(10-3-2-4-10)18(12(11)7-9)14(15,16)17/h5-8,10H,2-4H2,1H3/q+1. The van der Waals surface area contributed by atoms with Gasteiger partial charge in [0.25, 0.3) is 0 Å². The van der Waals surface area contributed by atoms with Gasteiger partial charge in [0.05, 0.1) is 10.5 Å². The number of aryl methyl sites for hydroxylation is 1. The molecular formula is C14H14F3S+. The fourth-order valence-corrected chi connectivity index (χ4v) is 4.76. The van der Waals surface area contributed by atoms with Crippen LogP contribution >= 0.6 is 10.5 Å². The van der Waals surface area contributed by atoms with Crippen LogP contribution in [-0.4, -0.2) is 0 Å². The van der Waals surface area contributed by atoms with Gasteiger partial charge in [-0.25, -0.2) is 0 Å². The Morgan fingerprint density at radius 1 is 1.17 bits per heavy atom. The third-order valence-electron chi connectivity index (χ3n) is 3.66. The van der Waals surface area contributed by atoms with Gasteiger partial charge in [-0.15, -0.1) is 13.2 Å². The van der Waals surface area contributed by atoms with Crippen molar-refractivity contribution in [2.45, 2.75) is 37.6 Å². The van der Waals surface area contributed by atoms with E-state index in [0.717, 1.165) is 30.2 Å². The van der Waals surface area contributed by atoms with Crippen LogP contribution in [0.3, 0.4) is 0 Å². The second-order valence-electron chi connectivity index (χ2n) is 4.97. The summed E-state index contributed by atoms with van der Waals surface area (Å²) in [5.41, 5.74) is -3.24. The van der Waals surface area contributed by atoms with E-state index in [1.54, 1.807) is 12.1 Å². The van der Waals surface area contributed by atoms with E-state index >= 15 is 0 Å². The largest absolute Gasteiger partial charge is 0.600 e. The molecule has 1 fully saturated rings. The summed E-state index contributed by atoms with van der Waals surface area (Å²) < 4.78 is 40.4. The second kappa shape index (κ2) is 3.98. The average Bonchev–Trinajstić information content (AvgIpc) is 2.51. The minimum absolute atomic E-state index is 0.155. The van der Waals surface area contributed by atoms with Crippen LogP contribution in [0.2, 0.25) is 0 Å². The zero-order valence-corrected chi connectivity index (χ0v) is 10.9. The maximum Gasteiger partial charge on any atom is 0.600 e. The third-order valence-corrected chi connectivity index (χ3v) is 5.84. The van der Waals surface area contributed by atoms with Crippen LogP contribution in [0.4, 0.5) is 13.2 Å². The van der Waals surface area contributed by atoms with E-state index in [4.69, 9.17) is 0 Å². The molecule has 0 amide bonds. The van der Waals surface area contributed by atoms with E-state index in [-0.39, 0.29) is 5.92 Å². The summed E-state index contributed by atoms with van der Waals surface area (Å²) in [6.07, 6.45) is 2.89. The Bertz CT molecular complexity index is 591. The first-order chi connectivity index (χ1) is 8.47. The first-order valence-electron chi connectivity index (χ1n) is 6.10. The molecule has 18 heavy (non-hydrogen) atoms. The van der Waals surface area contributed by atoms with Crippen LogP contribution in [0.5, 0.6) is 0 Å². The molecule has 4 heteroatoms. The van der Waals surface area contributed by atoms with Gasteiger partial charge in [0.2, 0.25) is 0 Å². The number of fused-ring (bicyclic) bond motifs is 1. The molecule has 0 bridgehead atoms. The van der Waals surface area contributed by atoms with Crippen molar-refractivity contribution in [3.05, 3.63) is 34.7 Å².